The Morgan fingerprint density at radius 2 is 1.96 bits per heavy atom. The molecule has 0 spiro atoms. The van der Waals surface area contributed by atoms with Gasteiger partial charge in [0.25, 0.3) is 5.91 Å². The molecular weight excluding hydrogens is 435 g/mol. The monoisotopic (exact) mass is 450 g/mol. The molecule has 0 saturated heterocycles. The summed E-state index contributed by atoms with van der Waals surface area (Å²) in [6.45, 7) is 0. The quantitative estimate of drug-likeness (QED) is 0.692. The third-order valence-electron chi connectivity index (χ3n) is 4.55. The molecule has 0 aromatic heterocycles. The lowest BCUT2D eigenvalue weighted by atomic mass is 9.92. The van der Waals surface area contributed by atoms with E-state index in [1.165, 1.54) is 12.1 Å². The summed E-state index contributed by atoms with van der Waals surface area (Å²) in [7, 11) is 0. The van der Waals surface area contributed by atoms with E-state index >= 15 is 0 Å². The third kappa shape index (κ3) is 5.00. The number of hydrogen-bond donors (Lipinski definition) is 1. The van der Waals surface area contributed by atoms with E-state index in [0.29, 0.717) is 26.4 Å². The van der Waals surface area contributed by atoms with Gasteiger partial charge in [-0.1, -0.05) is 11.6 Å². The molecule has 0 radical (unpaired) electrons. The average molecular weight is 452 g/mol. The molecular formula is C20H17BrClFN2O2. The Balaban J connectivity index is 1.51. The summed E-state index contributed by atoms with van der Waals surface area (Å²) in [6.07, 6.45) is 3.17. The molecule has 0 heterocycles. The van der Waals surface area contributed by atoms with Crippen molar-refractivity contribution in [1.29, 1.82) is 5.26 Å². The van der Waals surface area contributed by atoms with Crippen LogP contribution in [-0.4, -0.2) is 18.1 Å². The van der Waals surface area contributed by atoms with Crippen LogP contribution in [0.5, 0.6) is 5.75 Å². The van der Waals surface area contributed by atoms with Crippen LogP contribution in [-0.2, 0) is 0 Å². The van der Waals surface area contributed by atoms with Gasteiger partial charge in [0.15, 0.2) is 0 Å². The second-order valence-electron chi connectivity index (χ2n) is 6.45. The van der Waals surface area contributed by atoms with Gasteiger partial charge in [0, 0.05) is 17.7 Å². The number of halogens is 3. The second kappa shape index (κ2) is 8.73. The Labute approximate surface area is 170 Å². The van der Waals surface area contributed by atoms with Gasteiger partial charge in [-0.2, -0.15) is 5.26 Å². The molecule has 27 heavy (non-hydrogen) atoms. The minimum atomic E-state index is -0.458. The maximum Gasteiger partial charge on any atom is 0.251 e. The fraction of sp³-hybridized carbons (Fsp3) is 0.300. The fourth-order valence-corrected chi connectivity index (χ4v) is 3.54. The topological polar surface area (TPSA) is 62.1 Å². The predicted molar refractivity (Wildman–Crippen MR) is 104 cm³/mol. The first-order chi connectivity index (χ1) is 13.0. The molecule has 3 rings (SSSR count). The van der Waals surface area contributed by atoms with Gasteiger partial charge in [0.1, 0.15) is 17.6 Å². The van der Waals surface area contributed by atoms with Gasteiger partial charge in [0.2, 0.25) is 0 Å². The van der Waals surface area contributed by atoms with Crippen LogP contribution in [0.2, 0.25) is 5.02 Å². The molecule has 1 N–H and O–H groups in total. The predicted octanol–water partition coefficient (Wildman–Crippen LogP) is 5.23. The molecule has 4 nitrogen and oxygen atoms in total. The molecule has 2 aromatic rings. The Kier molecular flexibility index (Phi) is 6.35. The zero-order valence-corrected chi connectivity index (χ0v) is 16.7. The van der Waals surface area contributed by atoms with Crippen LogP contribution in [0.1, 0.15) is 41.6 Å². The van der Waals surface area contributed by atoms with Crippen molar-refractivity contribution in [2.75, 3.05) is 0 Å². The average Bonchev–Trinajstić information content (AvgIpc) is 2.65. The minimum Gasteiger partial charge on any atom is -0.490 e. The van der Waals surface area contributed by atoms with Crippen molar-refractivity contribution < 1.29 is 13.9 Å². The van der Waals surface area contributed by atoms with Gasteiger partial charge in [-0.3, -0.25) is 4.79 Å². The standard InChI is InChI=1S/C20H17BrClFN2O2/c21-17-8-2-12(9-19(17)23)20(26)25-14-3-6-15(7-4-14)27-16-5-1-13(11-24)18(22)10-16/h1-2,5,8-10,14-15H,3-4,6-7H2,(H,25,26). The molecule has 1 saturated carbocycles. The van der Waals surface area contributed by atoms with Crippen LogP contribution in [0.3, 0.4) is 0 Å². The molecule has 7 heteroatoms. The molecule has 1 aliphatic carbocycles. The van der Waals surface area contributed by atoms with Crippen molar-refractivity contribution in [3.05, 3.63) is 62.8 Å². The van der Waals surface area contributed by atoms with Gasteiger partial charge in [-0.25, -0.2) is 4.39 Å². The van der Waals surface area contributed by atoms with Gasteiger partial charge in [-0.05, 0) is 71.9 Å². The largest absolute Gasteiger partial charge is 0.490 e. The zero-order valence-electron chi connectivity index (χ0n) is 14.3. The second-order valence-corrected chi connectivity index (χ2v) is 7.71. The Morgan fingerprint density at radius 1 is 1.22 bits per heavy atom. The Hall–Kier alpha value is -2.10. The molecule has 0 aliphatic heterocycles. The number of rotatable bonds is 4. The van der Waals surface area contributed by atoms with Crippen molar-refractivity contribution in [3.63, 3.8) is 0 Å². The lowest BCUT2D eigenvalue weighted by Crippen LogP contribution is -2.39. The number of nitrogens with one attached hydrogen (secondary N) is 1. The summed E-state index contributed by atoms with van der Waals surface area (Å²) < 4.78 is 19.9. The van der Waals surface area contributed by atoms with Crippen molar-refractivity contribution in [3.8, 4) is 11.8 Å². The van der Waals surface area contributed by atoms with Gasteiger partial charge in [-0.15, -0.1) is 0 Å². The molecule has 0 bridgehead atoms. The van der Waals surface area contributed by atoms with Crippen LogP contribution in [0.4, 0.5) is 4.39 Å². The zero-order chi connectivity index (χ0) is 19.4. The summed E-state index contributed by atoms with van der Waals surface area (Å²) in [5.41, 5.74) is 0.723. The minimum absolute atomic E-state index is 0.0345. The summed E-state index contributed by atoms with van der Waals surface area (Å²) in [6, 6.07) is 11.4. The first-order valence-corrected chi connectivity index (χ1v) is 9.75. The maximum absolute atomic E-state index is 13.6. The van der Waals surface area contributed by atoms with Crippen molar-refractivity contribution in [1.82, 2.24) is 5.32 Å². The normalized spacial score (nSPS) is 19.2. The lowest BCUT2D eigenvalue weighted by molar-refractivity contribution is 0.0893. The third-order valence-corrected chi connectivity index (χ3v) is 5.51. The molecule has 140 valence electrons. The van der Waals surface area contributed by atoms with Gasteiger partial charge >= 0.3 is 0 Å². The van der Waals surface area contributed by atoms with E-state index in [1.54, 1.807) is 24.3 Å². The van der Waals surface area contributed by atoms with E-state index < -0.39 is 5.82 Å². The first kappa shape index (κ1) is 19.7. The number of carbonyl (C=O) groups excluding carboxylic acids is 1. The van der Waals surface area contributed by atoms with E-state index in [0.717, 1.165) is 25.7 Å². The highest BCUT2D eigenvalue weighted by molar-refractivity contribution is 9.10. The van der Waals surface area contributed by atoms with Crippen LogP contribution in [0.25, 0.3) is 0 Å². The summed E-state index contributed by atoms with van der Waals surface area (Å²) >= 11 is 9.11. The van der Waals surface area contributed by atoms with Crippen molar-refractivity contribution in [2.24, 2.45) is 0 Å². The highest BCUT2D eigenvalue weighted by atomic mass is 79.9. The van der Waals surface area contributed by atoms with E-state index in [1.807, 2.05) is 6.07 Å². The number of hydrogen-bond acceptors (Lipinski definition) is 3. The highest BCUT2D eigenvalue weighted by Crippen LogP contribution is 2.27. The molecule has 0 atom stereocenters. The van der Waals surface area contributed by atoms with Crippen LogP contribution in [0, 0.1) is 17.1 Å². The van der Waals surface area contributed by atoms with Crippen LogP contribution in [0.15, 0.2) is 40.9 Å². The molecule has 1 fully saturated rings. The summed E-state index contributed by atoms with van der Waals surface area (Å²) in [4.78, 5) is 12.3. The molecule has 1 aliphatic rings. The van der Waals surface area contributed by atoms with E-state index in [4.69, 9.17) is 21.6 Å². The number of benzene rings is 2. The number of carbonyl (C=O) groups is 1. The van der Waals surface area contributed by atoms with Gasteiger partial charge in [0.05, 0.1) is 21.2 Å². The highest BCUT2D eigenvalue weighted by Gasteiger charge is 2.24. The fourth-order valence-electron chi connectivity index (χ4n) is 3.08. The van der Waals surface area contributed by atoms with Crippen LogP contribution < -0.4 is 10.1 Å². The SMILES string of the molecule is N#Cc1ccc(OC2CCC(NC(=O)c3ccc(Br)c(F)c3)CC2)cc1Cl. The number of nitrogens with zero attached hydrogens (tertiary/aromatic N) is 1. The van der Waals surface area contributed by atoms with E-state index in [-0.39, 0.29) is 18.1 Å². The molecule has 0 unspecified atom stereocenters. The molecule has 1 amide bonds. The van der Waals surface area contributed by atoms with Crippen molar-refractivity contribution >= 4 is 33.4 Å². The van der Waals surface area contributed by atoms with Gasteiger partial charge < -0.3 is 10.1 Å². The van der Waals surface area contributed by atoms with E-state index in [9.17, 15) is 9.18 Å². The first-order valence-electron chi connectivity index (χ1n) is 8.58. The summed E-state index contributed by atoms with van der Waals surface area (Å²) in [5.74, 6) is -0.0951. The molecule has 2 aromatic carbocycles. The summed E-state index contributed by atoms with van der Waals surface area (Å²) in [5, 5.41) is 12.2. The smallest absolute Gasteiger partial charge is 0.251 e. The van der Waals surface area contributed by atoms with Crippen LogP contribution >= 0.6 is 27.5 Å². The van der Waals surface area contributed by atoms with E-state index in [2.05, 4.69) is 21.2 Å². The van der Waals surface area contributed by atoms with Crippen molar-refractivity contribution in [2.45, 2.75) is 37.8 Å². The Bertz CT molecular complexity index is 892. The lowest BCUT2D eigenvalue weighted by Gasteiger charge is -2.29. The Morgan fingerprint density at radius 3 is 2.59 bits per heavy atom. The maximum atomic E-state index is 13.6. The number of ether oxygens (including phenoxy) is 1. The number of amides is 1. The number of nitriles is 1.